The third-order valence-corrected chi connectivity index (χ3v) is 2.76. The van der Waals surface area contributed by atoms with E-state index in [1.165, 1.54) is 39.0 Å². The summed E-state index contributed by atoms with van der Waals surface area (Å²) in [6, 6.07) is 0. The standard InChI is InChI=1S/C11H19NO4/c1-9(13)16-12-11(14)15-8-7-10-5-3-2-4-6-10/h10H,2-8H2,1H3,(H,12,14). The molecule has 1 saturated carbocycles. The highest BCUT2D eigenvalue weighted by atomic mass is 16.7. The number of carbonyl (C=O) groups is 2. The van der Waals surface area contributed by atoms with Crippen molar-refractivity contribution in [1.82, 2.24) is 5.48 Å². The fourth-order valence-electron chi connectivity index (χ4n) is 1.94. The summed E-state index contributed by atoms with van der Waals surface area (Å²) in [6.45, 7) is 1.60. The fourth-order valence-corrected chi connectivity index (χ4v) is 1.94. The Morgan fingerprint density at radius 3 is 2.56 bits per heavy atom. The minimum atomic E-state index is -0.703. The van der Waals surface area contributed by atoms with Crippen molar-refractivity contribution in [3.63, 3.8) is 0 Å². The molecular weight excluding hydrogens is 210 g/mol. The molecule has 5 nitrogen and oxygen atoms in total. The second-order valence-electron chi connectivity index (χ2n) is 4.12. The molecular formula is C11H19NO4. The summed E-state index contributed by atoms with van der Waals surface area (Å²) in [5.74, 6) is 0.111. The third kappa shape index (κ3) is 5.58. The first-order chi connectivity index (χ1) is 7.68. The van der Waals surface area contributed by atoms with Crippen molar-refractivity contribution in [3.8, 4) is 0 Å². The number of ether oxygens (including phenoxy) is 1. The lowest BCUT2D eigenvalue weighted by Gasteiger charge is -2.20. The molecule has 1 N–H and O–H groups in total. The first-order valence-electron chi connectivity index (χ1n) is 5.78. The van der Waals surface area contributed by atoms with Crippen LogP contribution in [0.1, 0.15) is 45.4 Å². The molecule has 0 atom stereocenters. The van der Waals surface area contributed by atoms with Crippen LogP contribution in [0.4, 0.5) is 4.79 Å². The summed E-state index contributed by atoms with van der Waals surface area (Å²) < 4.78 is 4.87. The van der Waals surface area contributed by atoms with Gasteiger partial charge in [-0.2, -0.15) is 0 Å². The zero-order valence-electron chi connectivity index (χ0n) is 9.66. The monoisotopic (exact) mass is 229 g/mol. The molecule has 0 spiro atoms. The Morgan fingerprint density at radius 2 is 1.94 bits per heavy atom. The Bertz CT molecular complexity index is 236. The van der Waals surface area contributed by atoms with Crippen LogP contribution in [0.5, 0.6) is 0 Å². The van der Waals surface area contributed by atoms with Crippen LogP contribution in [-0.2, 0) is 14.4 Å². The number of rotatable bonds is 3. The van der Waals surface area contributed by atoms with Gasteiger partial charge in [-0.3, -0.25) is 4.79 Å². The van der Waals surface area contributed by atoms with Crippen LogP contribution in [0.15, 0.2) is 0 Å². The molecule has 0 saturated heterocycles. The maximum absolute atomic E-state index is 11.0. The number of hydrogen-bond donors (Lipinski definition) is 1. The van der Waals surface area contributed by atoms with Crippen LogP contribution >= 0.6 is 0 Å². The zero-order valence-corrected chi connectivity index (χ0v) is 9.66. The molecule has 1 aliphatic carbocycles. The number of hydrogen-bond acceptors (Lipinski definition) is 4. The van der Waals surface area contributed by atoms with Gasteiger partial charge in [-0.25, -0.2) is 4.79 Å². The van der Waals surface area contributed by atoms with Gasteiger partial charge in [0.05, 0.1) is 6.61 Å². The molecule has 5 heteroatoms. The SMILES string of the molecule is CC(=O)ONC(=O)OCCC1CCCCC1. The molecule has 1 fully saturated rings. The Morgan fingerprint density at radius 1 is 1.25 bits per heavy atom. The summed E-state index contributed by atoms with van der Waals surface area (Å²) in [5, 5.41) is 0. The lowest BCUT2D eigenvalue weighted by molar-refractivity contribution is -0.147. The van der Waals surface area contributed by atoms with Crippen molar-refractivity contribution in [2.75, 3.05) is 6.61 Å². The van der Waals surface area contributed by atoms with E-state index in [9.17, 15) is 9.59 Å². The van der Waals surface area contributed by atoms with E-state index in [1.807, 2.05) is 5.48 Å². The van der Waals surface area contributed by atoms with E-state index in [0.29, 0.717) is 12.5 Å². The van der Waals surface area contributed by atoms with E-state index in [-0.39, 0.29) is 0 Å². The van der Waals surface area contributed by atoms with Gasteiger partial charge in [-0.05, 0) is 12.3 Å². The van der Waals surface area contributed by atoms with Gasteiger partial charge in [0, 0.05) is 6.92 Å². The zero-order chi connectivity index (χ0) is 11.8. The van der Waals surface area contributed by atoms with Gasteiger partial charge >= 0.3 is 12.1 Å². The molecule has 92 valence electrons. The smallest absolute Gasteiger partial charge is 0.440 e. The Balaban J connectivity index is 2.01. The van der Waals surface area contributed by atoms with Gasteiger partial charge in [-0.1, -0.05) is 32.1 Å². The van der Waals surface area contributed by atoms with Crippen molar-refractivity contribution in [1.29, 1.82) is 0 Å². The molecule has 0 aromatic carbocycles. The van der Waals surface area contributed by atoms with Crippen LogP contribution < -0.4 is 5.48 Å². The summed E-state index contributed by atoms with van der Waals surface area (Å²) in [7, 11) is 0. The molecule has 1 rings (SSSR count). The lowest BCUT2D eigenvalue weighted by atomic mass is 9.87. The van der Waals surface area contributed by atoms with Crippen LogP contribution in [0, 0.1) is 5.92 Å². The van der Waals surface area contributed by atoms with Crippen LogP contribution in [0.2, 0.25) is 0 Å². The van der Waals surface area contributed by atoms with E-state index in [2.05, 4.69) is 4.84 Å². The summed E-state index contributed by atoms with van der Waals surface area (Å²) in [6.07, 6.45) is 6.54. The predicted octanol–water partition coefficient (Wildman–Crippen LogP) is 2.16. The first kappa shape index (κ1) is 12.8. The van der Waals surface area contributed by atoms with E-state index >= 15 is 0 Å². The van der Waals surface area contributed by atoms with E-state index < -0.39 is 12.1 Å². The van der Waals surface area contributed by atoms with Crippen molar-refractivity contribution < 1.29 is 19.2 Å². The van der Waals surface area contributed by atoms with Gasteiger partial charge < -0.3 is 9.57 Å². The maximum atomic E-state index is 11.0. The highest BCUT2D eigenvalue weighted by Gasteiger charge is 2.14. The van der Waals surface area contributed by atoms with Crippen molar-refractivity contribution in [3.05, 3.63) is 0 Å². The summed E-state index contributed by atoms with van der Waals surface area (Å²) in [4.78, 5) is 25.6. The lowest BCUT2D eigenvalue weighted by Crippen LogP contribution is -2.27. The molecule has 0 heterocycles. The average molecular weight is 229 g/mol. The van der Waals surface area contributed by atoms with Crippen LogP contribution in [0.25, 0.3) is 0 Å². The molecule has 0 aliphatic heterocycles. The second kappa shape index (κ2) is 7.09. The van der Waals surface area contributed by atoms with Crippen molar-refractivity contribution >= 4 is 12.1 Å². The van der Waals surface area contributed by atoms with Gasteiger partial charge in [0.15, 0.2) is 0 Å². The van der Waals surface area contributed by atoms with Gasteiger partial charge in [-0.15, -0.1) is 5.48 Å². The molecule has 0 bridgehead atoms. The van der Waals surface area contributed by atoms with Gasteiger partial charge in [0.25, 0.3) is 0 Å². The van der Waals surface area contributed by atoms with Gasteiger partial charge in [0.2, 0.25) is 0 Å². The van der Waals surface area contributed by atoms with Crippen LogP contribution in [0.3, 0.4) is 0 Å². The molecule has 0 aromatic heterocycles. The number of nitrogens with one attached hydrogen (secondary N) is 1. The minimum absolute atomic E-state index is 0.387. The average Bonchev–Trinajstić information content (AvgIpc) is 2.28. The molecule has 0 radical (unpaired) electrons. The van der Waals surface area contributed by atoms with E-state index in [1.54, 1.807) is 0 Å². The maximum Gasteiger partial charge on any atom is 0.440 e. The van der Waals surface area contributed by atoms with E-state index in [4.69, 9.17) is 4.74 Å². The second-order valence-corrected chi connectivity index (χ2v) is 4.12. The predicted molar refractivity (Wildman–Crippen MR) is 57.4 cm³/mol. The van der Waals surface area contributed by atoms with Crippen LogP contribution in [-0.4, -0.2) is 18.7 Å². The molecule has 0 unspecified atom stereocenters. The quantitative estimate of drug-likeness (QED) is 0.753. The van der Waals surface area contributed by atoms with E-state index in [0.717, 1.165) is 6.42 Å². The molecule has 0 aromatic rings. The van der Waals surface area contributed by atoms with Gasteiger partial charge in [0.1, 0.15) is 0 Å². The highest BCUT2D eigenvalue weighted by Crippen LogP contribution is 2.25. The topological polar surface area (TPSA) is 64.6 Å². The number of carbonyl (C=O) groups excluding carboxylic acids is 2. The summed E-state index contributed by atoms with van der Waals surface area (Å²) in [5.41, 5.74) is 1.91. The Hall–Kier alpha value is -1.26. The highest BCUT2D eigenvalue weighted by molar-refractivity contribution is 5.71. The summed E-state index contributed by atoms with van der Waals surface area (Å²) >= 11 is 0. The Kier molecular flexibility index (Phi) is 5.67. The molecule has 1 aliphatic rings. The minimum Gasteiger partial charge on any atom is -0.447 e. The normalized spacial score (nSPS) is 16.6. The third-order valence-electron chi connectivity index (χ3n) is 2.76. The molecule has 1 amide bonds. The number of amides is 1. The Labute approximate surface area is 95.4 Å². The van der Waals surface area contributed by atoms with Crippen molar-refractivity contribution in [2.24, 2.45) is 5.92 Å². The fraction of sp³-hybridized carbons (Fsp3) is 0.818. The largest absolute Gasteiger partial charge is 0.447 e. The van der Waals surface area contributed by atoms with Crippen molar-refractivity contribution in [2.45, 2.75) is 45.4 Å². The first-order valence-corrected chi connectivity index (χ1v) is 5.78. The number of hydroxylamine groups is 1. The molecule has 16 heavy (non-hydrogen) atoms.